The molecule has 0 N–H and O–H groups in total. The average Bonchev–Trinajstić information content (AvgIpc) is 2.03. The lowest BCUT2D eigenvalue weighted by Crippen LogP contribution is -1.97. The first kappa shape index (κ1) is 9.90. The molecule has 1 rings (SSSR count). The van der Waals surface area contributed by atoms with Crippen LogP contribution >= 0.6 is 0 Å². The molecule has 0 saturated carbocycles. The maximum absolute atomic E-state index is 10.4. The van der Waals surface area contributed by atoms with Crippen LogP contribution in [0.25, 0.3) is 0 Å². The van der Waals surface area contributed by atoms with E-state index in [1.165, 1.54) is 0 Å². The van der Waals surface area contributed by atoms with Crippen molar-refractivity contribution in [3.63, 3.8) is 0 Å². The fourth-order valence-electron chi connectivity index (χ4n) is 1.08. The molecular formula is C9H8NO2S-. The molecule has 0 fully saturated rings. The van der Waals surface area contributed by atoms with Crippen molar-refractivity contribution in [3.8, 4) is 6.07 Å². The minimum Gasteiger partial charge on any atom is -0.772 e. The zero-order valence-corrected chi connectivity index (χ0v) is 7.93. The predicted octanol–water partition coefficient (Wildman–Crippen LogP) is 1.25. The average molecular weight is 194 g/mol. The molecular weight excluding hydrogens is 186 g/mol. The summed E-state index contributed by atoms with van der Waals surface area (Å²) in [5.41, 5.74) is 1.95. The van der Waals surface area contributed by atoms with E-state index in [0.29, 0.717) is 11.1 Å². The van der Waals surface area contributed by atoms with E-state index in [0.717, 1.165) is 5.56 Å². The third-order valence-corrected chi connectivity index (χ3v) is 2.20. The van der Waals surface area contributed by atoms with Gasteiger partial charge in [0.2, 0.25) is 0 Å². The first-order chi connectivity index (χ1) is 6.13. The van der Waals surface area contributed by atoms with Crippen LogP contribution in [0.4, 0.5) is 0 Å². The SMILES string of the molecule is Cc1ccc(C#N)c(CS(=O)[O-])c1. The summed E-state index contributed by atoms with van der Waals surface area (Å²) >= 11 is -2.14. The van der Waals surface area contributed by atoms with Gasteiger partial charge >= 0.3 is 0 Å². The quantitative estimate of drug-likeness (QED) is 0.665. The Morgan fingerprint density at radius 1 is 1.62 bits per heavy atom. The number of aryl methyl sites for hydroxylation is 1. The van der Waals surface area contributed by atoms with Crippen molar-refractivity contribution in [1.29, 1.82) is 5.26 Å². The molecule has 0 aliphatic heterocycles. The first-order valence-corrected chi connectivity index (χ1v) is 4.93. The fourth-order valence-corrected chi connectivity index (χ4v) is 1.57. The topological polar surface area (TPSA) is 63.9 Å². The van der Waals surface area contributed by atoms with Crippen LogP contribution in [0.2, 0.25) is 0 Å². The Morgan fingerprint density at radius 2 is 2.31 bits per heavy atom. The van der Waals surface area contributed by atoms with Gasteiger partial charge in [-0.1, -0.05) is 28.8 Å². The number of hydrogen-bond acceptors (Lipinski definition) is 3. The van der Waals surface area contributed by atoms with Gasteiger partial charge in [0.05, 0.1) is 11.6 Å². The largest absolute Gasteiger partial charge is 0.772 e. The molecule has 0 radical (unpaired) electrons. The molecule has 3 nitrogen and oxygen atoms in total. The van der Waals surface area contributed by atoms with E-state index >= 15 is 0 Å². The van der Waals surface area contributed by atoms with Crippen molar-refractivity contribution < 1.29 is 8.76 Å². The lowest BCUT2D eigenvalue weighted by Gasteiger charge is -2.07. The van der Waals surface area contributed by atoms with Crippen molar-refractivity contribution >= 4 is 11.1 Å². The number of nitriles is 1. The molecule has 1 aromatic carbocycles. The lowest BCUT2D eigenvalue weighted by atomic mass is 10.1. The summed E-state index contributed by atoms with van der Waals surface area (Å²) in [6, 6.07) is 7.10. The molecule has 0 aliphatic rings. The fraction of sp³-hybridized carbons (Fsp3) is 0.222. The second-order valence-electron chi connectivity index (χ2n) is 2.72. The van der Waals surface area contributed by atoms with Crippen molar-refractivity contribution in [2.75, 3.05) is 0 Å². The molecule has 0 amide bonds. The third-order valence-electron chi connectivity index (χ3n) is 1.65. The van der Waals surface area contributed by atoms with Crippen LogP contribution in [-0.2, 0) is 16.8 Å². The second-order valence-corrected chi connectivity index (χ2v) is 3.62. The molecule has 0 bridgehead atoms. The standard InChI is InChI=1S/C9H9NO2S/c1-7-2-3-8(5-10)9(4-7)6-13(11)12/h2-4H,6H2,1H3,(H,11,12)/p-1. The van der Waals surface area contributed by atoms with E-state index < -0.39 is 11.1 Å². The van der Waals surface area contributed by atoms with Gasteiger partial charge in [0.15, 0.2) is 0 Å². The number of rotatable bonds is 2. The molecule has 1 atom stereocenters. The van der Waals surface area contributed by atoms with E-state index in [1.54, 1.807) is 18.2 Å². The monoisotopic (exact) mass is 194 g/mol. The van der Waals surface area contributed by atoms with E-state index in [4.69, 9.17) is 5.26 Å². The Hall–Kier alpha value is -1.18. The maximum atomic E-state index is 10.4. The zero-order valence-electron chi connectivity index (χ0n) is 7.11. The summed E-state index contributed by atoms with van der Waals surface area (Å²) in [6.45, 7) is 1.86. The maximum Gasteiger partial charge on any atom is 0.0994 e. The van der Waals surface area contributed by atoms with Crippen LogP contribution in [-0.4, -0.2) is 8.76 Å². The van der Waals surface area contributed by atoms with Crippen LogP contribution in [0.5, 0.6) is 0 Å². The number of benzene rings is 1. The summed E-state index contributed by atoms with van der Waals surface area (Å²) < 4.78 is 20.9. The second kappa shape index (κ2) is 4.17. The van der Waals surface area contributed by atoms with E-state index in [2.05, 4.69) is 0 Å². The Morgan fingerprint density at radius 3 is 2.85 bits per heavy atom. The number of hydrogen-bond donors (Lipinski definition) is 0. The zero-order chi connectivity index (χ0) is 9.84. The van der Waals surface area contributed by atoms with Gasteiger partial charge in [-0.2, -0.15) is 5.26 Å². The van der Waals surface area contributed by atoms with Gasteiger partial charge in [0.25, 0.3) is 0 Å². The van der Waals surface area contributed by atoms with Gasteiger partial charge in [0, 0.05) is 5.75 Å². The highest BCUT2D eigenvalue weighted by molar-refractivity contribution is 7.78. The van der Waals surface area contributed by atoms with Gasteiger partial charge < -0.3 is 4.55 Å². The minimum atomic E-state index is -2.14. The summed E-state index contributed by atoms with van der Waals surface area (Å²) in [4.78, 5) is 0. The highest BCUT2D eigenvalue weighted by Gasteiger charge is 2.01. The highest BCUT2D eigenvalue weighted by Crippen LogP contribution is 2.12. The van der Waals surface area contributed by atoms with Gasteiger partial charge in [-0.15, -0.1) is 0 Å². The summed E-state index contributed by atoms with van der Waals surface area (Å²) in [7, 11) is 0. The van der Waals surface area contributed by atoms with Gasteiger partial charge in [-0.25, -0.2) is 0 Å². The molecule has 1 unspecified atom stereocenters. The van der Waals surface area contributed by atoms with Crippen LogP contribution < -0.4 is 0 Å². The van der Waals surface area contributed by atoms with Crippen molar-refractivity contribution in [2.45, 2.75) is 12.7 Å². The molecule has 0 spiro atoms. The van der Waals surface area contributed by atoms with Gasteiger partial charge in [0.1, 0.15) is 0 Å². The van der Waals surface area contributed by atoms with Crippen molar-refractivity contribution in [1.82, 2.24) is 0 Å². The van der Waals surface area contributed by atoms with E-state index in [9.17, 15) is 8.76 Å². The third kappa shape index (κ3) is 2.65. The summed E-state index contributed by atoms with van der Waals surface area (Å²) in [5.74, 6) is -0.0927. The molecule has 13 heavy (non-hydrogen) atoms. The first-order valence-electron chi connectivity index (χ1n) is 3.69. The van der Waals surface area contributed by atoms with Gasteiger partial charge in [-0.3, -0.25) is 4.21 Å². The van der Waals surface area contributed by atoms with Crippen LogP contribution in [0.1, 0.15) is 16.7 Å². The molecule has 0 heterocycles. The Kier molecular flexibility index (Phi) is 3.18. The summed E-state index contributed by atoms with van der Waals surface area (Å²) in [6.07, 6.45) is 0. The lowest BCUT2D eigenvalue weighted by molar-refractivity contribution is 0.536. The molecule has 0 aromatic heterocycles. The van der Waals surface area contributed by atoms with Gasteiger partial charge in [-0.05, 0) is 18.6 Å². The molecule has 0 saturated heterocycles. The van der Waals surface area contributed by atoms with Crippen molar-refractivity contribution in [3.05, 3.63) is 34.9 Å². The molecule has 68 valence electrons. The van der Waals surface area contributed by atoms with Crippen molar-refractivity contribution in [2.24, 2.45) is 0 Å². The molecule has 1 aromatic rings. The smallest absolute Gasteiger partial charge is 0.0994 e. The summed E-state index contributed by atoms with van der Waals surface area (Å²) in [5, 5.41) is 8.67. The minimum absolute atomic E-state index is 0.0927. The normalized spacial score (nSPS) is 12.1. The van der Waals surface area contributed by atoms with Crippen LogP contribution in [0.15, 0.2) is 18.2 Å². The number of nitrogens with zero attached hydrogens (tertiary/aromatic N) is 1. The van der Waals surface area contributed by atoms with E-state index in [-0.39, 0.29) is 5.75 Å². The van der Waals surface area contributed by atoms with E-state index in [1.807, 2.05) is 13.0 Å². The van der Waals surface area contributed by atoms with Crippen LogP contribution in [0.3, 0.4) is 0 Å². The van der Waals surface area contributed by atoms with Crippen LogP contribution in [0, 0.1) is 18.3 Å². The highest BCUT2D eigenvalue weighted by atomic mass is 32.2. The Labute approximate surface area is 79.3 Å². The molecule has 4 heteroatoms. The predicted molar refractivity (Wildman–Crippen MR) is 48.5 cm³/mol. The molecule has 0 aliphatic carbocycles. The Bertz CT molecular complexity index is 382. The Balaban J connectivity index is 3.10.